The molecule has 0 spiro atoms. The molecule has 0 N–H and O–H groups in total. The number of benzene rings is 1. The number of likely N-dealkylation sites (N-methyl/N-ethyl adjacent to an activating group) is 1. The maximum Gasteiger partial charge on any atom is 0.123 e. The molecule has 2 rings (SSSR count). The third-order valence-corrected chi connectivity index (χ3v) is 3.55. The van der Waals surface area contributed by atoms with E-state index < -0.39 is 0 Å². The van der Waals surface area contributed by atoms with Crippen molar-refractivity contribution in [1.29, 1.82) is 0 Å². The maximum atomic E-state index is 5.82. The lowest BCUT2D eigenvalue weighted by Crippen LogP contribution is -2.45. The van der Waals surface area contributed by atoms with Crippen LogP contribution in [0.3, 0.4) is 0 Å². The largest absolute Gasteiger partial charge is 0.493 e. The molecule has 120 valence electrons. The molecule has 0 radical (unpaired) electrons. The molecule has 0 amide bonds. The fourth-order valence-electron chi connectivity index (χ4n) is 2.24. The van der Waals surface area contributed by atoms with Gasteiger partial charge in [-0.2, -0.15) is 0 Å². The highest BCUT2D eigenvalue weighted by Crippen LogP contribution is 2.19. The predicted molar refractivity (Wildman–Crippen MR) is 88.9 cm³/mol. The van der Waals surface area contributed by atoms with Crippen molar-refractivity contribution in [2.75, 3.05) is 53.0 Å². The summed E-state index contributed by atoms with van der Waals surface area (Å²) in [6, 6.07) is 7.92. The van der Waals surface area contributed by atoms with Gasteiger partial charge in [-0.05, 0) is 25.6 Å². The van der Waals surface area contributed by atoms with Crippen molar-refractivity contribution in [3.05, 3.63) is 24.3 Å². The molecule has 0 unspecified atom stereocenters. The Labute approximate surface area is 134 Å². The topological polar surface area (TPSA) is 24.9 Å². The zero-order chi connectivity index (χ0) is 14.2. The number of nitrogens with zero attached hydrogens (tertiary/aromatic N) is 2. The second kappa shape index (κ2) is 9.87. The summed E-state index contributed by atoms with van der Waals surface area (Å²) in [6.45, 7) is 9.18. The minimum Gasteiger partial charge on any atom is -0.493 e. The molecule has 0 saturated carbocycles. The van der Waals surface area contributed by atoms with E-state index in [1.807, 2.05) is 24.3 Å². The zero-order valence-electron chi connectivity index (χ0n) is 13.1. The molecule has 1 aromatic rings. The molecule has 0 aromatic heterocycles. The summed E-state index contributed by atoms with van der Waals surface area (Å²) in [4.78, 5) is 4.82. The van der Waals surface area contributed by atoms with Crippen LogP contribution in [-0.4, -0.2) is 62.8 Å². The van der Waals surface area contributed by atoms with Gasteiger partial charge < -0.3 is 14.4 Å². The second-order valence-corrected chi connectivity index (χ2v) is 5.32. The van der Waals surface area contributed by atoms with Gasteiger partial charge in [0.25, 0.3) is 0 Å². The van der Waals surface area contributed by atoms with Crippen molar-refractivity contribution in [2.45, 2.75) is 13.3 Å². The fraction of sp³-hybridized carbons (Fsp3) is 0.625. The number of hydrogen-bond donors (Lipinski definition) is 0. The van der Waals surface area contributed by atoms with Crippen LogP contribution in [0.15, 0.2) is 24.3 Å². The molecule has 1 saturated heterocycles. The number of hydrogen-bond acceptors (Lipinski definition) is 4. The third kappa shape index (κ3) is 6.55. The Morgan fingerprint density at radius 2 is 1.62 bits per heavy atom. The first-order chi connectivity index (χ1) is 9.78. The van der Waals surface area contributed by atoms with Crippen LogP contribution in [-0.2, 0) is 0 Å². The SMILES string of the molecule is CCCOc1cccc(OCCN2CCN(C)CC2)c1.Cl. The maximum absolute atomic E-state index is 5.82. The van der Waals surface area contributed by atoms with Crippen LogP contribution < -0.4 is 9.47 Å². The molecule has 0 bridgehead atoms. The lowest BCUT2D eigenvalue weighted by Gasteiger charge is -2.32. The average Bonchev–Trinajstić information content (AvgIpc) is 2.48. The minimum atomic E-state index is 0. The Bertz CT molecular complexity index is 396. The summed E-state index contributed by atoms with van der Waals surface area (Å²) in [5, 5.41) is 0. The number of piperazine rings is 1. The van der Waals surface area contributed by atoms with Gasteiger partial charge >= 0.3 is 0 Å². The van der Waals surface area contributed by atoms with E-state index in [0.29, 0.717) is 0 Å². The summed E-state index contributed by atoms with van der Waals surface area (Å²) < 4.78 is 11.4. The van der Waals surface area contributed by atoms with Gasteiger partial charge in [0, 0.05) is 38.8 Å². The summed E-state index contributed by atoms with van der Waals surface area (Å²) >= 11 is 0. The van der Waals surface area contributed by atoms with Crippen LogP contribution in [0.25, 0.3) is 0 Å². The second-order valence-electron chi connectivity index (χ2n) is 5.32. The summed E-state index contributed by atoms with van der Waals surface area (Å²) in [5.41, 5.74) is 0. The first-order valence-corrected chi connectivity index (χ1v) is 7.54. The van der Waals surface area contributed by atoms with Crippen LogP contribution in [0.1, 0.15) is 13.3 Å². The molecular weight excluding hydrogens is 288 g/mol. The fourth-order valence-corrected chi connectivity index (χ4v) is 2.24. The number of rotatable bonds is 7. The van der Waals surface area contributed by atoms with Crippen molar-refractivity contribution < 1.29 is 9.47 Å². The van der Waals surface area contributed by atoms with Crippen LogP contribution in [0, 0.1) is 0 Å². The number of ether oxygens (including phenoxy) is 2. The molecule has 1 aliphatic heterocycles. The van der Waals surface area contributed by atoms with Crippen LogP contribution in [0.5, 0.6) is 11.5 Å². The highest BCUT2D eigenvalue weighted by molar-refractivity contribution is 5.85. The monoisotopic (exact) mass is 314 g/mol. The smallest absolute Gasteiger partial charge is 0.123 e. The molecule has 1 aliphatic rings. The Kier molecular flexibility index (Phi) is 8.50. The van der Waals surface area contributed by atoms with Gasteiger partial charge in [-0.3, -0.25) is 4.90 Å². The van der Waals surface area contributed by atoms with Crippen LogP contribution in [0.2, 0.25) is 0 Å². The van der Waals surface area contributed by atoms with Crippen LogP contribution >= 0.6 is 12.4 Å². The van der Waals surface area contributed by atoms with Gasteiger partial charge in [0.15, 0.2) is 0 Å². The Morgan fingerprint density at radius 3 is 2.24 bits per heavy atom. The third-order valence-electron chi connectivity index (χ3n) is 3.55. The van der Waals surface area contributed by atoms with E-state index in [1.54, 1.807) is 0 Å². The zero-order valence-corrected chi connectivity index (χ0v) is 13.9. The van der Waals surface area contributed by atoms with Gasteiger partial charge in [0.05, 0.1) is 6.61 Å². The van der Waals surface area contributed by atoms with Crippen molar-refractivity contribution in [2.24, 2.45) is 0 Å². The normalized spacial score (nSPS) is 16.3. The lowest BCUT2D eigenvalue weighted by molar-refractivity contribution is 0.133. The van der Waals surface area contributed by atoms with E-state index >= 15 is 0 Å². The van der Waals surface area contributed by atoms with E-state index in [9.17, 15) is 0 Å². The molecular formula is C16H27ClN2O2. The summed E-state index contributed by atoms with van der Waals surface area (Å²) in [6.07, 6.45) is 1.02. The predicted octanol–water partition coefficient (Wildman–Crippen LogP) is 2.52. The molecule has 0 aliphatic carbocycles. The van der Waals surface area contributed by atoms with Crippen molar-refractivity contribution in [3.8, 4) is 11.5 Å². The van der Waals surface area contributed by atoms with E-state index in [2.05, 4.69) is 23.8 Å². The highest BCUT2D eigenvalue weighted by Gasteiger charge is 2.13. The van der Waals surface area contributed by atoms with Crippen molar-refractivity contribution in [3.63, 3.8) is 0 Å². The molecule has 0 atom stereocenters. The Hall–Kier alpha value is -0.970. The molecule has 1 fully saturated rings. The minimum absolute atomic E-state index is 0. The van der Waals surface area contributed by atoms with E-state index in [-0.39, 0.29) is 12.4 Å². The Morgan fingerprint density at radius 1 is 1.00 bits per heavy atom. The van der Waals surface area contributed by atoms with Gasteiger partial charge in [-0.1, -0.05) is 13.0 Å². The van der Waals surface area contributed by atoms with Gasteiger partial charge in [-0.25, -0.2) is 0 Å². The summed E-state index contributed by atoms with van der Waals surface area (Å²) in [7, 11) is 2.18. The van der Waals surface area contributed by atoms with Crippen LogP contribution in [0.4, 0.5) is 0 Å². The van der Waals surface area contributed by atoms with Crippen molar-refractivity contribution in [1.82, 2.24) is 9.80 Å². The quantitative estimate of drug-likeness (QED) is 0.772. The molecule has 1 aromatic carbocycles. The Balaban J connectivity index is 0.00000220. The highest BCUT2D eigenvalue weighted by atomic mass is 35.5. The molecule has 21 heavy (non-hydrogen) atoms. The first kappa shape index (κ1) is 18.1. The van der Waals surface area contributed by atoms with Gasteiger partial charge in [0.2, 0.25) is 0 Å². The van der Waals surface area contributed by atoms with Gasteiger partial charge in [-0.15, -0.1) is 12.4 Å². The number of halogens is 1. The van der Waals surface area contributed by atoms with E-state index in [4.69, 9.17) is 9.47 Å². The summed E-state index contributed by atoms with van der Waals surface area (Å²) in [5.74, 6) is 1.79. The molecule has 4 nitrogen and oxygen atoms in total. The van der Waals surface area contributed by atoms with Gasteiger partial charge in [0.1, 0.15) is 18.1 Å². The standard InChI is InChI=1S/C16H26N2O2.ClH/c1-3-12-19-15-5-4-6-16(14-15)20-13-11-18-9-7-17(2)8-10-18;/h4-6,14H,3,7-13H2,1-2H3;1H. The van der Waals surface area contributed by atoms with E-state index in [0.717, 1.165) is 63.9 Å². The average molecular weight is 315 g/mol. The lowest BCUT2D eigenvalue weighted by atomic mass is 10.3. The van der Waals surface area contributed by atoms with E-state index in [1.165, 1.54) is 0 Å². The van der Waals surface area contributed by atoms with Crippen molar-refractivity contribution >= 4 is 12.4 Å². The molecule has 5 heteroatoms. The first-order valence-electron chi connectivity index (χ1n) is 7.54. The molecule has 1 heterocycles.